The molecule has 0 saturated carbocycles. The lowest BCUT2D eigenvalue weighted by Crippen LogP contribution is -2.13. The van der Waals surface area contributed by atoms with Crippen molar-refractivity contribution in [3.05, 3.63) is 29.6 Å². The zero-order valence-corrected chi connectivity index (χ0v) is 6.53. The van der Waals surface area contributed by atoms with Gasteiger partial charge in [0.25, 0.3) is 0 Å². The summed E-state index contributed by atoms with van der Waals surface area (Å²) in [4.78, 5) is 0. The summed E-state index contributed by atoms with van der Waals surface area (Å²) in [5.41, 5.74) is 4.92. The molecular formula is C8H7F4N. The Balaban J connectivity index is 2.90. The second-order valence-corrected chi connectivity index (χ2v) is 2.64. The van der Waals surface area contributed by atoms with Crippen LogP contribution in [0.15, 0.2) is 18.2 Å². The van der Waals surface area contributed by atoms with Crippen LogP contribution in [0.1, 0.15) is 5.56 Å². The Morgan fingerprint density at radius 3 is 2.31 bits per heavy atom. The van der Waals surface area contributed by atoms with Crippen molar-refractivity contribution in [2.45, 2.75) is 12.6 Å². The van der Waals surface area contributed by atoms with Crippen molar-refractivity contribution in [3.63, 3.8) is 0 Å². The van der Waals surface area contributed by atoms with Crippen molar-refractivity contribution in [2.24, 2.45) is 0 Å². The fourth-order valence-corrected chi connectivity index (χ4v) is 0.943. The van der Waals surface area contributed by atoms with Crippen LogP contribution >= 0.6 is 0 Å². The standard InChI is InChI=1S/C8H7F4N/c9-6-2-1-5(7(13)3-6)4-8(10,11)12/h1-3H,4,13H2. The zero-order valence-electron chi connectivity index (χ0n) is 6.53. The Morgan fingerprint density at radius 2 is 1.85 bits per heavy atom. The summed E-state index contributed by atoms with van der Waals surface area (Å²) in [6, 6.07) is 2.87. The molecule has 0 radical (unpaired) electrons. The number of benzene rings is 1. The van der Waals surface area contributed by atoms with Gasteiger partial charge in [-0.1, -0.05) is 6.07 Å². The lowest BCUT2D eigenvalue weighted by atomic mass is 10.1. The van der Waals surface area contributed by atoms with Crippen LogP contribution in [0.3, 0.4) is 0 Å². The van der Waals surface area contributed by atoms with Gasteiger partial charge in [-0.3, -0.25) is 0 Å². The van der Waals surface area contributed by atoms with Crippen LogP contribution in [0.2, 0.25) is 0 Å². The minimum atomic E-state index is -4.31. The highest BCUT2D eigenvalue weighted by molar-refractivity contribution is 5.47. The van der Waals surface area contributed by atoms with Gasteiger partial charge in [0.2, 0.25) is 0 Å². The normalized spacial score (nSPS) is 11.7. The monoisotopic (exact) mass is 193 g/mol. The van der Waals surface area contributed by atoms with Crippen LogP contribution in [-0.4, -0.2) is 6.18 Å². The van der Waals surface area contributed by atoms with Crippen LogP contribution in [0.25, 0.3) is 0 Å². The molecule has 0 saturated heterocycles. The van der Waals surface area contributed by atoms with Gasteiger partial charge in [0.15, 0.2) is 0 Å². The first-order chi connectivity index (χ1) is 5.88. The lowest BCUT2D eigenvalue weighted by Gasteiger charge is -2.08. The fourth-order valence-electron chi connectivity index (χ4n) is 0.943. The van der Waals surface area contributed by atoms with E-state index in [1.807, 2.05) is 0 Å². The molecule has 13 heavy (non-hydrogen) atoms. The van der Waals surface area contributed by atoms with E-state index in [2.05, 4.69) is 0 Å². The van der Waals surface area contributed by atoms with Crippen LogP contribution in [0, 0.1) is 5.82 Å². The molecule has 72 valence electrons. The molecular weight excluding hydrogens is 186 g/mol. The van der Waals surface area contributed by atoms with Gasteiger partial charge in [-0.25, -0.2) is 4.39 Å². The van der Waals surface area contributed by atoms with E-state index in [9.17, 15) is 17.6 Å². The number of hydrogen-bond acceptors (Lipinski definition) is 1. The SMILES string of the molecule is Nc1cc(F)ccc1CC(F)(F)F. The molecule has 0 fully saturated rings. The lowest BCUT2D eigenvalue weighted by molar-refractivity contribution is -0.127. The highest BCUT2D eigenvalue weighted by Gasteiger charge is 2.28. The first-order valence-corrected chi connectivity index (χ1v) is 3.49. The number of rotatable bonds is 1. The molecule has 1 rings (SSSR count). The summed E-state index contributed by atoms with van der Waals surface area (Å²) >= 11 is 0. The number of nitrogen functional groups attached to an aromatic ring is 1. The molecule has 0 atom stereocenters. The van der Waals surface area contributed by atoms with E-state index in [-0.39, 0.29) is 11.3 Å². The second-order valence-electron chi connectivity index (χ2n) is 2.64. The Morgan fingerprint density at radius 1 is 1.23 bits per heavy atom. The topological polar surface area (TPSA) is 26.0 Å². The van der Waals surface area contributed by atoms with Gasteiger partial charge in [0.05, 0.1) is 6.42 Å². The number of alkyl halides is 3. The van der Waals surface area contributed by atoms with Gasteiger partial charge in [-0.15, -0.1) is 0 Å². The molecule has 0 aliphatic rings. The maximum absolute atomic E-state index is 12.4. The number of halogens is 4. The average Bonchev–Trinajstić information content (AvgIpc) is 1.93. The van der Waals surface area contributed by atoms with Gasteiger partial charge in [0, 0.05) is 5.69 Å². The van der Waals surface area contributed by atoms with Crippen molar-refractivity contribution < 1.29 is 17.6 Å². The molecule has 0 amide bonds. The predicted octanol–water partition coefficient (Wildman–Crippen LogP) is 2.51. The highest BCUT2D eigenvalue weighted by Crippen LogP contribution is 2.24. The van der Waals surface area contributed by atoms with Gasteiger partial charge in [-0.05, 0) is 17.7 Å². The number of anilines is 1. The van der Waals surface area contributed by atoms with E-state index in [1.165, 1.54) is 0 Å². The first kappa shape index (κ1) is 9.83. The summed E-state index contributed by atoms with van der Waals surface area (Å²) in [6.07, 6.45) is -5.44. The van der Waals surface area contributed by atoms with Crippen LogP contribution in [-0.2, 0) is 6.42 Å². The van der Waals surface area contributed by atoms with Gasteiger partial charge < -0.3 is 5.73 Å². The molecule has 0 heterocycles. The van der Waals surface area contributed by atoms with Crippen molar-refractivity contribution in [1.29, 1.82) is 0 Å². The van der Waals surface area contributed by atoms with Crippen molar-refractivity contribution in [1.82, 2.24) is 0 Å². The van der Waals surface area contributed by atoms with E-state index in [0.717, 1.165) is 18.2 Å². The predicted molar refractivity (Wildman–Crippen MR) is 40.6 cm³/mol. The van der Waals surface area contributed by atoms with E-state index in [4.69, 9.17) is 5.73 Å². The number of nitrogens with two attached hydrogens (primary N) is 1. The summed E-state index contributed by atoms with van der Waals surface area (Å²) in [7, 11) is 0. The third-order valence-electron chi connectivity index (χ3n) is 1.50. The summed E-state index contributed by atoms with van der Waals surface area (Å²) < 4.78 is 48.0. The average molecular weight is 193 g/mol. The van der Waals surface area contributed by atoms with Crippen LogP contribution < -0.4 is 5.73 Å². The minimum Gasteiger partial charge on any atom is -0.398 e. The van der Waals surface area contributed by atoms with Crippen LogP contribution in [0.5, 0.6) is 0 Å². The molecule has 0 aliphatic heterocycles. The fraction of sp³-hybridized carbons (Fsp3) is 0.250. The Bertz CT molecular complexity index is 306. The molecule has 2 N–H and O–H groups in total. The smallest absolute Gasteiger partial charge is 0.393 e. The summed E-state index contributed by atoms with van der Waals surface area (Å²) in [6.45, 7) is 0. The number of hydrogen-bond donors (Lipinski definition) is 1. The first-order valence-electron chi connectivity index (χ1n) is 3.49. The maximum Gasteiger partial charge on any atom is 0.393 e. The van der Waals surface area contributed by atoms with Crippen molar-refractivity contribution >= 4 is 5.69 Å². The largest absolute Gasteiger partial charge is 0.398 e. The van der Waals surface area contributed by atoms with Gasteiger partial charge in [0.1, 0.15) is 5.82 Å². The Kier molecular flexibility index (Phi) is 2.45. The summed E-state index contributed by atoms with van der Waals surface area (Å²) in [5.74, 6) is -0.636. The zero-order chi connectivity index (χ0) is 10.1. The molecule has 0 unspecified atom stereocenters. The maximum atomic E-state index is 12.4. The molecule has 0 bridgehead atoms. The van der Waals surface area contributed by atoms with Gasteiger partial charge in [-0.2, -0.15) is 13.2 Å². The van der Waals surface area contributed by atoms with E-state index < -0.39 is 18.4 Å². The molecule has 0 aliphatic carbocycles. The van der Waals surface area contributed by atoms with E-state index in [0.29, 0.717) is 0 Å². The molecule has 1 nitrogen and oxygen atoms in total. The Hall–Kier alpha value is -1.26. The highest BCUT2D eigenvalue weighted by atomic mass is 19.4. The molecule has 1 aromatic rings. The van der Waals surface area contributed by atoms with Crippen molar-refractivity contribution in [3.8, 4) is 0 Å². The van der Waals surface area contributed by atoms with Crippen LogP contribution in [0.4, 0.5) is 23.2 Å². The summed E-state index contributed by atoms with van der Waals surface area (Å²) in [5, 5.41) is 0. The minimum absolute atomic E-state index is 0.103. The molecule has 5 heteroatoms. The third kappa shape index (κ3) is 2.93. The molecule has 1 aromatic carbocycles. The van der Waals surface area contributed by atoms with Gasteiger partial charge >= 0.3 is 6.18 Å². The van der Waals surface area contributed by atoms with E-state index in [1.54, 1.807) is 0 Å². The quantitative estimate of drug-likeness (QED) is 0.538. The third-order valence-corrected chi connectivity index (χ3v) is 1.50. The molecule has 0 spiro atoms. The second kappa shape index (κ2) is 3.24. The van der Waals surface area contributed by atoms with E-state index >= 15 is 0 Å². The molecule has 0 aromatic heterocycles. The Labute approximate surface area is 72.2 Å². The van der Waals surface area contributed by atoms with Crippen molar-refractivity contribution in [2.75, 3.05) is 5.73 Å².